The highest BCUT2D eigenvalue weighted by molar-refractivity contribution is 7.12. The van der Waals surface area contributed by atoms with Gasteiger partial charge in [-0.05, 0) is 43.3 Å². The molecular weight excluding hydrogens is 451 g/mol. The van der Waals surface area contributed by atoms with Crippen LogP contribution < -0.4 is 5.32 Å². The van der Waals surface area contributed by atoms with Gasteiger partial charge >= 0.3 is 6.03 Å². The maximum atomic E-state index is 13.1. The lowest BCUT2D eigenvalue weighted by molar-refractivity contribution is 0.0665. The summed E-state index contributed by atoms with van der Waals surface area (Å²) in [6.45, 7) is 4.08. The van der Waals surface area contributed by atoms with Crippen molar-refractivity contribution < 1.29 is 14.0 Å². The fourth-order valence-electron chi connectivity index (χ4n) is 3.55. The molecule has 0 spiro atoms. The highest BCUT2D eigenvalue weighted by atomic mass is 35.5. The Hall–Kier alpha value is -2.97. The standard InChI is InChI=1S/C23H22ClFN4O2S/c1-15-21(16-2-6-18(24)7-3-16)27-20(32-15)14-26-23(31)29-12-10-28(11-13-29)22(30)17-4-8-19(25)9-5-17/h2-9H,10-14H2,1H3,(H,26,31). The van der Waals surface area contributed by atoms with Crippen LogP contribution in [0.3, 0.4) is 0 Å². The van der Waals surface area contributed by atoms with Crippen molar-refractivity contribution in [3.05, 3.63) is 74.8 Å². The summed E-state index contributed by atoms with van der Waals surface area (Å²) in [4.78, 5) is 34.2. The van der Waals surface area contributed by atoms with E-state index in [2.05, 4.69) is 10.3 Å². The van der Waals surface area contributed by atoms with Crippen molar-refractivity contribution in [2.45, 2.75) is 13.5 Å². The molecular formula is C23H22ClFN4O2S. The summed E-state index contributed by atoms with van der Waals surface area (Å²) >= 11 is 7.51. The van der Waals surface area contributed by atoms with Crippen LogP contribution in [-0.4, -0.2) is 52.9 Å². The SMILES string of the molecule is Cc1sc(CNC(=O)N2CCN(C(=O)c3ccc(F)cc3)CC2)nc1-c1ccc(Cl)cc1. The molecule has 2 heterocycles. The lowest BCUT2D eigenvalue weighted by Gasteiger charge is -2.34. The van der Waals surface area contributed by atoms with Gasteiger partial charge in [-0.2, -0.15) is 0 Å². The van der Waals surface area contributed by atoms with Gasteiger partial charge in [0, 0.05) is 47.2 Å². The van der Waals surface area contributed by atoms with Gasteiger partial charge in [0.25, 0.3) is 5.91 Å². The molecule has 2 aromatic carbocycles. The molecule has 32 heavy (non-hydrogen) atoms. The third-order valence-corrected chi connectivity index (χ3v) is 6.52. The van der Waals surface area contributed by atoms with Gasteiger partial charge in [-0.1, -0.05) is 23.7 Å². The van der Waals surface area contributed by atoms with E-state index in [1.807, 2.05) is 31.2 Å². The van der Waals surface area contributed by atoms with E-state index in [1.54, 1.807) is 21.1 Å². The maximum Gasteiger partial charge on any atom is 0.317 e. The van der Waals surface area contributed by atoms with Crippen molar-refractivity contribution in [1.29, 1.82) is 0 Å². The maximum absolute atomic E-state index is 13.1. The van der Waals surface area contributed by atoms with Crippen LogP contribution in [0.4, 0.5) is 9.18 Å². The average molecular weight is 473 g/mol. The van der Waals surface area contributed by atoms with Crippen molar-refractivity contribution in [1.82, 2.24) is 20.1 Å². The second-order valence-electron chi connectivity index (χ2n) is 7.46. The second-order valence-corrected chi connectivity index (χ2v) is 9.19. The van der Waals surface area contributed by atoms with E-state index >= 15 is 0 Å². The van der Waals surface area contributed by atoms with Crippen molar-refractivity contribution in [3.63, 3.8) is 0 Å². The lowest BCUT2D eigenvalue weighted by atomic mass is 10.1. The van der Waals surface area contributed by atoms with Crippen molar-refractivity contribution in [2.24, 2.45) is 0 Å². The van der Waals surface area contributed by atoms with Gasteiger partial charge in [0.15, 0.2) is 0 Å². The van der Waals surface area contributed by atoms with Crippen molar-refractivity contribution >= 4 is 34.9 Å². The molecule has 1 saturated heterocycles. The number of hydrogen-bond acceptors (Lipinski definition) is 4. The Morgan fingerprint density at radius 3 is 2.31 bits per heavy atom. The summed E-state index contributed by atoms with van der Waals surface area (Å²) in [6, 6.07) is 12.8. The van der Waals surface area contributed by atoms with E-state index in [-0.39, 0.29) is 17.8 Å². The number of nitrogens with one attached hydrogen (secondary N) is 1. The summed E-state index contributed by atoms with van der Waals surface area (Å²) in [5.74, 6) is -0.531. The molecule has 1 aromatic heterocycles. The van der Waals surface area contributed by atoms with E-state index in [4.69, 9.17) is 11.6 Å². The van der Waals surface area contributed by atoms with Crippen LogP contribution in [0, 0.1) is 12.7 Å². The zero-order valence-corrected chi connectivity index (χ0v) is 19.0. The van der Waals surface area contributed by atoms with Gasteiger partial charge in [-0.3, -0.25) is 4.79 Å². The Kier molecular flexibility index (Phi) is 6.72. The van der Waals surface area contributed by atoms with Crippen LogP contribution in [0.5, 0.6) is 0 Å². The Balaban J connectivity index is 1.29. The molecule has 3 amide bonds. The first-order valence-electron chi connectivity index (χ1n) is 10.2. The summed E-state index contributed by atoms with van der Waals surface area (Å²) < 4.78 is 13.1. The molecule has 0 saturated carbocycles. The smallest absolute Gasteiger partial charge is 0.317 e. The number of carbonyl (C=O) groups excluding carboxylic acids is 2. The topological polar surface area (TPSA) is 65.5 Å². The number of amides is 3. The first-order chi connectivity index (χ1) is 15.4. The number of benzene rings is 2. The predicted molar refractivity (Wildman–Crippen MR) is 123 cm³/mol. The third-order valence-electron chi connectivity index (χ3n) is 5.29. The minimum atomic E-state index is -0.376. The molecule has 0 radical (unpaired) electrons. The van der Waals surface area contributed by atoms with E-state index in [0.29, 0.717) is 43.3 Å². The number of carbonyl (C=O) groups is 2. The number of nitrogens with zero attached hydrogens (tertiary/aromatic N) is 3. The van der Waals surface area contributed by atoms with E-state index < -0.39 is 0 Å². The van der Waals surface area contributed by atoms with Crippen LogP contribution in [0.2, 0.25) is 5.02 Å². The molecule has 1 aliphatic heterocycles. The zero-order valence-electron chi connectivity index (χ0n) is 17.5. The first kappa shape index (κ1) is 22.2. The van der Waals surface area contributed by atoms with Crippen LogP contribution >= 0.6 is 22.9 Å². The van der Waals surface area contributed by atoms with Gasteiger partial charge in [0.2, 0.25) is 0 Å². The van der Waals surface area contributed by atoms with Crippen molar-refractivity contribution in [3.8, 4) is 11.3 Å². The number of rotatable bonds is 4. The Labute approximate surface area is 194 Å². The van der Waals surface area contributed by atoms with E-state index in [9.17, 15) is 14.0 Å². The number of urea groups is 1. The molecule has 6 nitrogen and oxygen atoms in total. The van der Waals surface area contributed by atoms with E-state index in [1.165, 1.54) is 24.3 Å². The molecule has 9 heteroatoms. The number of aromatic nitrogens is 1. The molecule has 0 aliphatic carbocycles. The monoisotopic (exact) mass is 472 g/mol. The van der Waals surface area contributed by atoms with Crippen LogP contribution in [0.25, 0.3) is 11.3 Å². The highest BCUT2D eigenvalue weighted by Crippen LogP contribution is 2.28. The molecule has 1 aliphatic rings. The Bertz CT molecular complexity index is 1110. The number of halogens is 2. The molecule has 0 atom stereocenters. The molecule has 0 unspecified atom stereocenters. The van der Waals surface area contributed by atoms with Gasteiger partial charge in [-0.25, -0.2) is 14.2 Å². The molecule has 166 valence electrons. The quantitative estimate of drug-likeness (QED) is 0.604. The minimum Gasteiger partial charge on any atom is -0.335 e. The summed E-state index contributed by atoms with van der Waals surface area (Å²) in [5.41, 5.74) is 2.33. The first-order valence-corrected chi connectivity index (χ1v) is 11.4. The minimum absolute atomic E-state index is 0.155. The molecule has 3 aromatic rings. The van der Waals surface area contributed by atoms with Gasteiger partial charge < -0.3 is 15.1 Å². The lowest BCUT2D eigenvalue weighted by Crippen LogP contribution is -2.53. The van der Waals surface area contributed by atoms with Crippen LogP contribution in [0.15, 0.2) is 48.5 Å². The van der Waals surface area contributed by atoms with Gasteiger partial charge in [0.1, 0.15) is 10.8 Å². The summed E-state index contributed by atoms with van der Waals surface area (Å²) in [7, 11) is 0. The van der Waals surface area contributed by atoms with Crippen LogP contribution in [-0.2, 0) is 6.54 Å². The molecule has 1 fully saturated rings. The fourth-order valence-corrected chi connectivity index (χ4v) is 4.57. The Morgan fingerprint density at radius 1 is 1.03 bits per heavy atom. The normalized spacial score (nSPS) is 13.8. The molecule has 4 rings (SSSR count). The van der Waals surface area contributed by atoms with E-state index in [0.717, 1.165) is 21.1 Å². The van der Waals surface area contributed by atoms with Crippen LogP contribution in [0.1, 0.15) is 20.2 Å². The number of thiazole rings is 1. The third kappa shape index (κ3) is 5.08. The average Bonchev–Trinajstić information content (AvgIpc) is 3.18. The summed E-state index contributed by atoms with van der Waals surface area (Å²) in [5, 5.41) is 4.42. The summed E-state index contributed by atoms with van der Waals surface area (Å²) in [6.07, 6.45) is 0. The van der Waals surface area contributed by atoms with Crippen molar-refractivity contribution in [2.75, 3.05) is 26.2 Å². The predicted octanol–water partition coefficient (Wildman–Crippen LogP) is 4.58. The number of piperazine rings is 1. The fraction of sp³-hybridized carbons (Fsp3) is 0.261. The molecule has 0 bridgehead atoms. The number of hydrogen-bond donors (Lipinski definition) is 1. The Morgan fingerprint density at radius 2 is 1.66 bits per heavy atom. The van der Waals surface area contributed by atoms with Gasteiger partial charge in [-0.15, -0.1) is 11.3 Å². The molecule has 1 N–H and O–H groups in total. The second kappa shape index (κ2) is 9.67. The largest absolute Gasteiger partial charge is 0.335 e. The highest BCUT2D eigenvalue weighted by Gasteiger charge is 2.25. The van der Waals surface area contributed by atoms with Gasteiger partial charge in [0.05, 0.1) is 12.2 Å². The zero-order chi connectivity index (χ0) is 22.7. The number of aryl methyl sites for hydroxylation is 1.